The number of hydrogen-bond acceptors (Lipinski definition) is 7. The Kier molecular flexibility index (Phi) is 54.0. The average Bonchev–Trinajstić information content (AvgIpc) is 3.39. The van der Waals surface area contributed by atoms with E-state index in [1.54, 1.807) is 0 Å². The first-order valence-electron chi connectivity index (χ1n) is 31.5. The number of unbranched alkanes of at least 4 members (excludes halogenated alkanes) is 26. The molecule has 0 spiro atoms. The summed E-state index contributed by atoms with van der Waals surface area (Å²) in [7, 11) is 1.14. The summed E-state index contributed by atoms with van der Waals surface area (Å²) in [6.07, 6.45) is 75.3. The minimum absolute atomic E-state index is 0.0371. The second-order valence-corrected chi connectivity index (χ2v) is 23.6. The zero-order chi connectivity index (χ0) is 56.4. The number of carbonyl (C=O) groups excluding carboxylic acids is 2. The Balaban J connectivity index is 5.25. The van der Waals surface area contributed by atoms with Crippen molar-refractivity contribution in [1.82, 2.24) is 5.32 Å². The van der Waals surface area contributed by atoms with Crippen LogP contribution in [-0.4, -0.2) is 69.4 Å². The predicted octanol–water partition coefficient (Wildman–Crippen LogP) is 18.9. The van der Waals surface area contributed by atoms with Gasteiger partial charge in [-0.05, 0) is 109 Å². The van der Waals surface area contributed by atoms with Crippen molar-refractivity contribution in [3.05, 3.63) is 97.2 Å². The molecule has 0 heterocycles. The Hall–Kier alpha value is -3.07. The van der Waals surface area contributed by atoms with E-state index in [-0.39, 0.29) is 31.3 Å². The molecule has 0 rings (SSSR count). The number of ether oxygens (including phenoxy) is 1. The first-order valence-corrected chi connectivity index (χ1v) is 33.0. The Morgan fingerprint density at radius 3 is 1.23 bits per heavy atom. The second-order valence-electron chi connectivity index (χ2n) is 22.2. The standard InChI is InChI=1S/C67H119N2O7P/c1-7-10-13-16-19-22-25-27-29-31-32-33-34-35-36-38-40-42-45-48-51-54-57-60-67(71)76-65(58-55-52-49-46-43-24-21-18-15-12-9-3)64(63-75-77(72,73)74-62-61-69(4,5)6)68-66(70)59-56-53-50-47-44-41-39-37-30-28-26-23-20-17-14-11-8-2/h19-20,22-23,27-30,32-33,39,41,47,50,55,58,64-65H,7-18,21,24-26,31,34-38,40,42-46,48-49,51-54,56-57,59-63H2,1-6H3,(H-,68,70,72,73)/b22-19-,23-20-,29-27-,30-28-,33-32-,41-39-,50-47-,58-55-. The molecule has 444 valence electrons. The number of nitrogens with zero attached hydrogens (tertiary/aromatic N) is 1. The minimum atomic E-state index is -4.72. The molecule has 0 radical (unpaired) electrons. The maximum Gasteiger partial charge on any atom is 0.306 e. The van der Waals surface area contributed by atoms with Crippen molar-refractivity contribution in [2.24, 2.45) is 0 Å². The van der Waals surface area contributed by atoms with E-state index in [0.29, 0.717) is 23.9 Å². The van der Waals surface area contributed by atoms with Gasteiger partial charge in [-0.15, -0.1) is 0 Å². The van der Waals surface area contributed by atoms with Crippen LogP contribution in [0.15, 0.2) is 97.2 Å². The van der Waals surface area contributed by atoms with Gasteiger partial charge in [0.2, 0.25) is 5.91 Å². The van der Waals surface area contributed by atoms with Gasteiger partial charge in [0.05, 0.1) is 33.8 Å². The van der Waals surface area contributed by atoms with E-state index in [1.165, 1.54) is 135 Å². The minimum Gasteiger partial charge on any atom is -0.756 e. The van der Waals surface area contributed by atoms with E-state index in [9.17, 15) is 19.0 Å². The fourth-order valence-electron chi connectivity index (χ4n) is 8.58. The Labute approximate surface area is 475 Å². The molecule has 10 heteroatoms. The van der Waals surface area contributed by atoms with Gasteiger partial charge < -0.3 is 28.5 Å². The van der Waals surface area contributed by atoms with Crippen molar-refractivity contribution >= 4 is 19.7 Å². The van der Waals surface area contributed by atoms with E-state index >= 15 is 0 Å². The van der Waals surface area contributed by atoms with Crippen LogP contribution in [0.25, 0.3) is 0 Å². The number of quaternary nitrogens is 1. The summed E-state index contributed by atoms with van der Waals surface area (Å²) in [5, 5.41) is 2.99. The fraction of sp³-hybridized carbons (Fsp3) is 0.731. The van der Waals surface area contributed by atoms with E-state index in [0.717, 1.165) is 83.5 Å². The fourth-order valence-corrected chi connectivity index (χ4v) is 9.30. The van der Waals surface area contributed by atoms with Gasteiger partial charge in [-0.25, -0.2) is 0 Å². The monoisotopic (exact) mass is 1090 g/mol. The maximum atomic E-state index is 13.5. The molecule has 9 nitrogen and oxygen atoms in total. The first-order chi connectivity index (χ1) is 37.4. The van der Waals surface area contributed by atoms with Crippen LogP contribution in [0.2, 0.25) is 0 Å². The third kappa shape index (κ3) is 57.4. The number of nitrogens with one attached hydrogen (secondary N) is 1. The van der Waals surface area contributed by atoms with Gasteiger partial charge in [-0.3, -0.25) is 14.2 Å². The average molecular weight is 1100 g/mol. The van der Waals surface area contributed by atoms with Crippen molar-refractivity contribution in [3.63, 3.8) is 0 Å². The predicted molar refractivity (Wildman–Crippen MR) is 330 cm³/mol. The summed E-state index contributed by atoms with van der Waals surface area (Å²) >= 11 is 0. The van der Waals surface area contributed by atoms with Gasteiger partial charge >= 0.3 is 5.97 Å². The highest BCUT2D eigenvalue weighted by Gasteiger charge is 2.27. The Morgan fingerprint density at radius 1 is 0.455 bits per heavy atom. The highest BCUT2D eigenvalue weighted by atomic mass is 31.2. The molecule has 1 amide bonds. The van der Waals surface area contributed by atoms with Crippen LogP contribution in [0.3, 0.4) is 0 Å². The SMILES string of the molecule is CCCCC/C=C\C/C=C\C/C=C\C/C=C\CCCC(=O)NC(COP(=O)([O-])OCC[N+](C)(C)C)C(/C=C\CCCCCCCCCCC)OC(=O)CCCCCCCCCCCC/C=C\C/C=C\C/C=C\CCCCC. The number of rotatable bonds is 56. The van der Waals surface area contributed by atoms with Crippen LogP contribution in [0, 0.1) is 0 Å². The van der Waals surface area contributed by atoms with Gasteiger partial charge in [0.1, 0.15) is 19.3 Å². The van der Waals surface area contributed by atoms with Crippen molar-refractivity contribution in [2.45, 2.75) is 277 Å². The molecule has 3 atom stereocenters. The normalized spacial score (nSPS) is 14.3. The topological polar surface area (TPSA) is 114 Å². The lowest BCUT2D eigenvalue weighted by atomic mass is 10.0. The maximum absolute atomic E-state index is 13.5. The molecular weight excluding hydrogens is 976 g/mol. The molecule has 3 unspecified atom stereocenters. The second kappa shape index (κ2) is 56.2. The zero-order valence-electron chi connectivity index (χ0n) is 50.6. The number of carbonyl (C=O) groups is 2. The van der Waals surface area contributed by atoms with Gasteiger partial charge in [0.25, 0.3) is 7.82 Å². The molecule has 0 aliphatic rings. The molecule has 0 saturated heterocycles. The molecule has 0 fully saturated rings. The van der Waals surface area contributed by atoms with Gasteiger partial charge in [0, 0.05) is 12.8 Å². The number of phosphoric ester groups is 1. The molecule has 0 bridgehead atoms. The van der Waals surface area contributed by atoms with Crippen molar-refractivity contribution in [1.29, 1.82) is 0 Å². The van der Waals surface area contributed by atoms with Crippen LogP contribution >= 0.6 is 7.82 Å². The summed E-state index contributed by atoms with van der Waals surface area (Å²) in [6, 6.07) is -0.923. The number of amides is 1. The van der Waals surface area contributed by atoms with Crippen LogP contribution in [0.1, 0.15) is 265 Å². The van der Waals surface area contributed by atoms with E-state index < -0.39 is 26.6 Å². The number of likely N-dealkylation sites (N-methyl/N-ethyl adjacent to an activating group) is 1. The smallest absolute Gasteiger partial charge is 0.306 e. The van der Waals surface area contributed by atoms with Crippen LogP contribution in [-0.2, 0) is 27.9 Å². The first kappa shape index (κ1) is 73.9. The molecule has 0 aromatic carbocycles. The molecule has 0 aliphatic carbocycles. The van der Waals surface area contributed by atoms with Crippen molar-refractivity contribution in [2.75, 3.05) is 40.9 Å². The number of esters is 1. The summed E-state index contributed by atoms with van der Waals surface area (Å²) in [5.74, 6) is -0.614. The third-order valence-electron chi connectivity index (χ3n) is 13.5. The van der Waals surface area contributed by atoms with Gasteiger partial charge in [-0.1, -0.05) is 240 Å². The quantitative estimate of drug-likeness (QED) is 0.0212. The summed E-state index contributed by atoms with van der Waals surface area (Å²) in [5.41, 5.74) is 0. The van der Waals surface area contributed by atoms with E-state index in [1.807, 2.05) is 33.3 Å². The van der Waals surface area contributed by atoms with Crippen molar-refractivity contribution in [3.8, 4) is 0 Å². The largest absolute Gasteiger partial charge is 0.756 e. The number of allylic oxidation sites excluding steroid dienone is 15. The van der Waals surface area contributed by atoms with Crippen LogP contribution < -0.4 is 10.2 Å². The van der Waals surface area contributed by atoms with E-state index in [2.05, 4.69) is 111 Å². The van der Waals surface area contributed by atoms with Gasteiger partial charge in [0.15, 0.2) is 0 Å². The number of phosphoric acid groups is 1. The molecular formula is C67H119N2O7P. The van der Waals surface area contributed by atoms with Crippen LogP contribution in [0.5, 0.6) is 0 Å². The summed E-state index contributed by atoms with van der Waals surface area (Å²) in [4.78, 5) is 39.9. The lowest BCUT2D eigenvalue weighted by Crippen LogP contribution is -2.47. The molecule has 0 aromatic heterocycles. The van der Waals surface area contributed by atoms with Gasteiger partial charge in [-0.2, -0.15) is 0 Å². The molecule has 77 heavy (non-hydrogen) atoms. The van der Waals surface area contributed by atoms with Crippen LogP contribution in [0.4, 0.5) is 0 Å². The third-order valence-corrected chi connectivity index (χ3v) is 14.5. The number of hydrogen-bond donors (Lipinski definition) is 1. The zero-order valence-corrected chi connectivity index (χ0v) is 51.5. The highest BCUT2D eigenvalue weighted by Crippen LogP contribution is 2.38. The molecule has 0 aromatic rings. The van der Waals surface area contributed by atoms with Crippen molar-refractivity contribution < 1.29 is 37.3 Å². The lowest BCUT2D eigenvalue weighted by Gasteiger charge is -2.30. The highest BCUT2D eigenvalue weighted by molar-refractivity contribution is 7.45. The molecule has 1 N–H and O–H groups in total. The van der Waals surface area contributed by atoms with E-state index in [4.69, 9.17) is 13.8 Å². The molecule has 0 saturated carbocycles. The summed E-state index contributed by atoms with van der Waals surface area (Å²) in [6.45, 7) is 6.73. The lowest BCUT2D eigenvalue weighted by molar-refractivity contribution is -0.870. The summed E-state index contributed by atoms with van der Waals surface area (Å²) < 4.78 is 30.3. The molecule has 0 aliphatic heterocycles. The Morgan fingerprint density at radius 2 is 0.805 bits per heavy atom. The Bertz CT molecular complexity index is 1640.